The molecule has 0 aliphatic carbocycles. The van der Waals surface area contributed by atoms with Crippen LogP contribution in [0.5, 0.6) is 0 Å². The summed E-state index contributed by atoms with van der Waals surface area (Å²) in [6, 6.07) is 8.11. The fourth-order valence-corrected chi connectivity index (χ4v) is 1.21. The van der Waals surface area contributed by atoms with Gasteiger partial charge in [-0.2, -0.15) is 0 Å². The molecule has 0 spiro atoms. The number of fused-ring (bicyclic) bond motifs is 1. The second-order valence-electron chi connectivity index (χ2n) is 2.61. The van der Waals surface area contributed by atoms with Crippen LogP contribution in [0.1, 0.15) is 5.56 Å². The summed E-state index contributed by atoms with van der Waals surface area (Å²) in [5, 5.41) is 2.42. The standard InChI is InChI=1S/C10H8N/c1-8-3-2-4-9-5-6-11-7-10(8)9/h2-5,7H,1H3. The lowest BCUT2D eigenvalue weighted by Crippen LogP contribution is -1.78. The molecule has 1 aromatic heterocycles. The van der Waals surface area contributed by atoms with E-state index in [1.54, 1.807) is 0 Å². The zero-order valence-electron chi connectivity index (χ0n) is 6.33. The molecule has 1 radical (unpaired) electrons. The van der Waals surface area contributed by atoms with Crippen molar-refractivity contribution in [2.75, 3.05) is 0 Å². The number of hydrogen-bond donors (Lipinski definition) is 0. The lowest BCUT2D eigenvalue weighted by molar-refractivity contribution is 1.33. The SMILES string of the molecule is Cc1cccc2c[c]ncc12. The first-order valence-corrected chi connectivity index (χ1v) is 3.59. The molecule has 0 aliphatic rings. The molecule has 1 heteroatoms. The Bertz CT molecular complexity index is 374. The topological polar surface area (TPSA) is 12.9 Å². The van der Waals surface area contributed by atoms with Gasteiger partial charge in [0.05, 0.1) is 6.20 Å². The van der Waals surface area contributed by atoms with Crippen molar-refractivity contribution in [2.24, 2.45) is 0 Å². The summed E-state index contributed by atoms with van der Waals surface area (Å²) in [6.07, 6.45) is 4.66. The van der Waals surface area contributed by atoms with Gasteiger partial charge < -0.3 is 0 Å². The van der Waals surface area contributed by atoms with Crippen molar-refractivity contribution in [1.29, 1.82) is 0 Å². The third-order valence-electron chi connectivity index (χ3n) is 1.85. The molecule has 0 fully saturated rings. The molecule has 0 atom stereocenters. The molecule has 2 aromatic rings. The van der Waals surface area contributed by atoms with Crippen molar-refractivity contribution in [3.63, 3.8) is 0 Å². The summed E-state index contributed by atoms with van der Waals surface area (Å²) in [7, 11) is 0. The fraction of sp³-hybridized carbons (Fsp3) is 0.100. The molecule has 0 aliphatic heterocycles. The van der Waals surface area contributed by atoms with Crippen molar-refractivity contribution >= 4 is 10.8 Å². The van der Waals surface area contributed by atoms with Crippen molar-refractivity contribution in [3.05, 3.63) is 42.2 Å². The lowest BCUT2D eigenvalue weighted by atomic mass is 10.1. The minimum atomic E-state index is 1.21. The highest BCUT2D eigenvalue weighted by Gasteiger charge is 1.93. The number of aromatic nitrogens is 1. The van der Waals surface area contributed by atoms with Gasteiger partial charge in [0, 0.05) is 11.6 Å². The molecule has 53 valence electrons. The molecular weight excluding hydrogens is 134 g/mol. The number of benzene rings is 1. The van der Waals surface area contributed by atoms with E-state index in [1.807, 2.05) is 18.3 Å². The molecule has 0 unspecified atom stereocenters. The summed E-state index contributed by atoms with van der Waals surface area (Å²) < 4.78 is 0. The molecule has 0 amide bonds. The Labute approximate surface area is 65.7 Å². The van der Waals surface area contributed by atoms with Crippen molar-refractivity contribution in [1.82, 2.24) is 4.98 Å². The minimum Gasteiger partial charge on any atom is -0.254 e. The first-order valence-electron chi connectivity index (χ1n) is 3.59. The molecule has 1 nitrogen and oxygen atoms in total. The van der Waals surface area contributed by atoms with Gasteiger partial charge in [-0.05, 0) is 23.9 Å². The van der Waals surface area contributed by atoms with Crippen LogP contribution in [0.25, 0.3) is 10.8 Å². The maximum atomic E-state index is 3.95. The summed E-state index contributed by atoms with van der Waals surface area (Å²) in [6.45, 7) is 2.09. The molecule has 0 N–H and O–H groups in total. The quantitative estimate of drug-likeness (QED) is 0.550. The van der Waals surface area contributed by atoms with Gasteiger partial charge in [0.2, 0.25) is 0 Å². The Morgan fingerprint density at radius 2 is 2.27 bits per heavy atom. The molecule has 0 bridgehead atoms. The van der Waals surface area contributed by atoms with Crippen LogP contribution in [0.15, 0.2) is 30.5 Å². The van der Waals surface area contributed by atoms with Gasteiger partial charge >= 0.3 is 0 Å². The molecule has 1 heterocycles. The normalized spacial score (nSPS) is 10.3. The van der Waals surface area contributed by atoms with Gasteiger partial charge in [-0.3, -0.25) is 4.98 Å². The Morgan fingerprint density at radius 3 is 3.09 bits per heavy atom. The van der Waals surface area contributed by atoms with Crippen LogP contribution in [0.2, 0.25) is 0 Å². The highest BCUT2D eigenvalue weighted by Crippen LogP contribution is 2.15. The van der Waals surface area contributed by atoms with E-state index in [0.717, 1.165) is 0 Å². The van der Waals surface area contributed by atoms with Crippen molar-refractivity contribution in [2.45, 2.75) is 6.92 Å². The van der Waals surface area contributed by atoms with E-state index >= 15 is 0 Å². The predicted molar refractivity (Wildman–Crippen MR) is 45.3 cm³/mol. The average molecular weight is 142 g/mol. The lowest BCUT2D eigenvalue weighted by Gasteiger charge is -1.97. The maximum absolute atomic E-state index is 3.95. The van der Waals surface area contributed by atoms with Crippen LogP contribution in [0, 0.1) is 13.1 Å². The van der Waals surface area contributed by atoms with Gasteiger partial charge in [0.1, 0.15) is 0 Å². The van der Waals surface area contributed by atoms with Gasteiger partial charge in [0.25, 0.3) is 0 Å². The van der Waals surface area contributed by atoms with Crippen LogP contribution in [0.4, 0.5) is 0 Å². The minimum absolute atomic E-state index is 1.21. The zero-order valence-corrected chi connectivity index (χ0v) is 6.33. The monoisotopic (exact) mass is 142 g/mol. The van der Waals surface area contributed by atoms with E-state index < -0.39 is 0 Å². The maximum Gasteiger partial charge on any atom is 0.0892 e. The van der Waals surface area contributed by atoms with Crippen molar-refractivity contribution in [3.8, 4) is 0 Å². The number of pyridine rings is 1. The number of aryl methyl sites for hydroxylation is 1. The molecular formula is C10H8N. The summed E-state index contributed by atoms with van der Waals surface area (Å²) in [4.78, 5) is 3.95. The highest BCUT2D eigenvalue weighted by atomic mass is 14.6. The van der Waals surface area contributed by atoms with E-state index in [4.69, 9.17) is 0 Å². The highest BCUT2D eigenvalue weighted by molar-refractivity contribution is 5.84. The molecule has 0 saturated heterocycles. The average Bonchev–Trinajstić information content (AvgIpc) is 2.06. The Hall–Kier alpha value is -1.37. The van der Waals surface area contributed by atoms with Gasteiger partial charge in [-0.25, -0.2) is 0 Å². The molecule has 11 heavy (non-hydrogen) atoms. The van der Waals surface area contributed by atoms with Crippen molar-refractivity contribution < 1.29 is 0 Å². The van der Waals surface area contributed by atoms with Gasteiger partial charge in [-0.1, -0.05) is 18.2 Å². The second kappa shape index (κ2) is 2.35. The Balaban J connectivity index is 2.91. The summed E-state index contributed by atoms with van der Waals surface area (Å²) >= 11 is 0. The van der Waals surface area contributed by atoms with Crippen LogP contribution in [-0.4, -0.2) is 4.98 Å². The predicted octanol–water partition coefficient (Wildman–Crippen LogP) is 2.34. The Kier molecular flexibility index (Phi) is 1.35. The van der Waals surface area contributed by atoms with Crippen LogP contribution in [-0.2, 0) is 0 Å². The third-order valence-corrected chi connectivity index (χ3v) is 1.85. The largest absolute Gasteiger partial charge is 0.254 e. The van der Waals surface area contributed by atoms with E-state index in [-0.39, 0.29) is 0 Å². The van der Waals surface area contributed by atoms with E-state index in [0.29, 0.717) is 0 Å². The first-order chi connectivity index (χ1) is 5.38. The summed E-state index contributed by atoms with van der Waals surface area (Å²) in [5.41, 5.74) is 1.27. The van der Waals surface area contributed by atoms with E-state index in [1.165, 1.54) is 16.3 Å². The second-order valence-corrected chi connectivity index (χ2v) is 2.61. The van der Waals surface area contributed by atoms with Crippen LogP contribution < -0.4 is 0 Å². The van der Waals surface area contributed by atoms with Crippen LogP contribution >= 0.6 is 0 Å². The molecule has 0 saturated carbocycles. The fourth-order valence-electron chi connectivity index (χ4n) is 1.21. The zero-order chi connectivity index (χ0) is 7.68. The molecule has 2 rings (SSSR count). The third kappa shape index (κ3) is 0.984. The number of nitrogens with zero attached hydrogens (tertiary/aromatic N) is 1. The van der Waals surface area contributed by atoms with Crippen LogP contribution in [0.3, 0.4) is 0 Å². The Morgan fingerprint density at radius 1 is 1.36 bits per heavy atom. The molecule has 1 aromatic carbocycles. The number of hydrogen-bond acceptors (Lipinski definition) is 1. The van der Waals surface area contributed by atoms with E-state index in [2.05, 4.69) is 30.2 Å². The van der Waals surface area contributed by atoms with Gasteiger partial charge in [-0.15, -0.1) is 0 Å². The van der Waals surface area contributed by atoms with E-state index in [9.17, 15) is 0 Å². The number of rotatable bonds is 0. The first kappa shape index (κ1) is 6.35. The smallest absolute Gasteiger partial charge is 0.0892 e. The van der Waals surface area contributed by atoms with Gasteiger partial charge in [0.15, 0.2) is 0 Å². The summed E-state index contributed by atoms with van der Waals surface area (Å²) in [5.74, 6) is 0.